The van der Waals surface area contributed by atoms with Crippen LogP contribution < -0.4 is 5.73 Å². The number of amides is 1. The lowest BCUT2D eigenvalue weighted by molar-refractivity contribution is 0.0979. The molecule has 6 heteroatoms. The van der Waals surface area contributed by atoms with Gasteiger partial charge in [-0.3, -0.25) is 24.0 Å². The Hall–Kier alpha value is -5.75. The van der Waals surface area contributed by atoms with Crippen molar-refractivity contribution in [1.29, 1.82) is 0 Å². The highest BCUT2D eigenvalue weighted by molar-refractivity contribution is 6.29. The van der Waals surface area contributed by atoms with Crippen molar-refractivity contribution in [2.45, 2.75) is 0 Å². The molecule has 1 amide bonds. The van der Waals surface area contributed by atoms with Crippen LogP contribution in [0.2, 0.25) is 0 Å². The van der Waals surface area contributed by atoms with Gasteiger partial charge in [-0.15, -0.1) is 0 Å². The standard InChI is InChI=1S/2C14H8O2.C7H7NO/c2*15-13-9-5-1-2-6-10(9)14(16)12-8-4-3-7-11(12)13;8-7(9)6-4-2-1-3-5-6/h2*1-8H;1-5H,(H2,8,9). The summed E-state index contributed by atoms with van der Waals surface area (Å²) in [5.41, 5.74) is 9.57. The third kappa shape index (κ3) is 5.27. The second-order valence-electron chi connectivity index (χ2n) is 9.23. The van der Waals surface area contributed by atoms with Crippen LogP contribution >= 0.6 is 0 Å². The lowest BCUT2D eigenvalue weighted by Crippen LogP contribution is -2.20. The fourth-order valence-electron chi connectivity index (χ4n) is 4.70. The van der Waals surface area contributed by atoms with Crippen molar-refractivity contribution >= 4 is 29.0 Å². The molecule has 2 aliphatic carbocycles. The largest absolute Gasteiger partial charge is 0.366 e. The molecule has 0 fully saturated rings. The van der Waals surface area contributed by atoms with Crippen LogP contribution in [0.3, 0.4) is 0 Å². The summed E-state index contributed by atoms with van der Waals surface area (Å²) in [6.07, 6.45) is 0. The van der Waals surface area contributed by atoms with Crippen molar-refractivity contribution in [3.63, 3.8) is 0 Å². The molecule has 0 saturated carbocycles. The molecule has 198 valence electrons. The van der Waals surface area contributed by atoms with E-state index in [0.717, 1.165) is 0 Å². The topological polar surface area (TPSA) is 111 Å². The molecule has 0 saturated heterocycles. The Bertz CT molecular complexity index is 1520. The van der Waals surface area contributed by atoms with Gasteiger partial charge >= 0.3 is 0 Å². The van der Waals surface area contributed by atoms with E-state index < -0.39 is 0 Å². The van der Waals surface area contributed by atoms with Gasteiger partial charge in [-0.2, -0.15) is 0 Å². The second kappa shape index (κ2) is 11.6. The first kappa shape index (κ1) is 26.8. The number of benzene rings is 5. The van der Waals surface area contributed by atoms with Crippen molar-refractivity contribution < 1.29 is 24.0 Å². The van der Waals surface area contributed by atoms with Crippen molar-refractivity contribution in [3.8, 4) is 0 Å². The van der Waals surface area contributed by atoms with E-state index in [0.29, 0.717) is 50.1 Å². The lowest BCUT2D eigenvalue weighted by Gasteiger charge is -2.16. The fraction of sp³-hybridized carbons (Fsp3) is 0. The number of fused-ring (bicyclic) bond motifs is 4. The SMILES string of the molecule is NC(=O)c1ccccc1.O=C1c2ccccc2C(=O)c2ccccc21.O=C1c2ccccc2C(=O)c2ccccc21. The number of rotatable bonds is 1. The van der Waals surface area contributed by atoms with Crippen molar-refractivity contribution in [1.82, 2.24) is 0 Å². The second-order valence-corrected chi connectivity index (χ2v) is 9.23. The van der Waals surface area contributed by atoms with Crippen LogP contribution in [0.1, 0.15) is 74.0 Å². The predicted octanol–water partition coefficient (Wildman–Crippen LogP) is 5.71. The molecule has 6 nitrogen and oxygen atoms in total. The van der Waals surface area contributed by atoms with Gasteiger partial charge in [-0.05, 0) is 12.1 Å². The summed E-state index contributed by atoms with van der Waals surface area (Å²) in [7, 11) is 0. The first-order valence-corrected chi connectivity index (χ1v) is 12.8. The van der Waals surface area contributed by atoms with Gasteiger partial charge < -0.3 is 5.73 Å². The third-order valence-electron chi connectivity index (χ3n) is 6.72. The molecule has 0 spiro atoms. The molecular weight excluding hydrogens is 514 g/mol. The summed E-state index contributed by atoms with van der Waals surface area (Å²) >= 11 is 0. The van der Waals surface area contributed by atoms with Gasteiger partial charge in [0.15, 0.2) is 23.1 Å². The van der Waals surface area contributed by atoms with E-state index in [2.05, 4.69) is 0 Å². The summed E-state index contributed by atoms with van der Waals surface area (Å²) in [5, 5.41) is 0. The molecule has 0 aliphatic heterocycles. The van der Waals surface area contributed by atoms with Gasteiger partial charge in [0.25, 0.3) is 0 Å². The summed E-state index contributed by atoms with van der Waals surface area (Å²) in [5.74, 6) is -0.635. The molecular formula is C35H23NO5. The van der Waals surface area contributed by atoms with Gasteiger partial charge in [0.2, 0.25) is 5.91 Å². The van der Waals surface area contributed by atoms with Crippen LogP contribution in [-0.4, -0.2) is 29.0 Å². The maximum absolute atomic E-state index is 12.1. The molecule has 0 bridgehead atoms. The Labute approximate surface area is 236 Å². The van der Waals surface area contributed by atoms with Crippen LogP contribution in [0.15, 0.2) is 127 Å². The van der Waals surface area contributed by atoms with Crippen LogP contribution in [0.25, 0.3) is 0 Å². The monoisotopic (exact) mass is 537 g/mol. The van der Waals surface area contributed by atoms with Crippen LogP contribution in [0.4, 0.5) is 0 Å². The Kier molecular flexibility index (Phi) is 7.56. The van der Waals surface area contributed by atoms with E-state index in [1.807, 2.05) is 6.07 Å². The number of primary amides is 1. The molecule has 5 aromatic carbocycles. The molecule has 0 heterocycles. The minimum absolute atomic E-state index is 0.0641. The Morgan fingerprint density at radius 2 is 0.537 bits per heavy atom. The highest BCUT2D eigenvalue weighted by Crippen LogP contribution is 2.27. The van der Waals surface area contributed by atoms with Crippen LogP contribution in [-0.2, 0) is 0 Å². The number of ketones is 4. The molecule has 2 N–H and O–H groups in total. The molecule has 2 aliphatic rings. The minimum Gasteiger partial charge on any atom is -0.366 e. The quantitative estimate of drug-likeness (QED) is 0.288. The minimum atomic E-state index is -0.379. The Morgan fingerprint density at radius 1 is 0.341 bits per heavy atom. The number of carbonyl (C=O) groups is 5. The zero-order valence-electron chi connectivity index (χ0n) is 21.7. The first-order valence-electron chi connectivity index (χ1n) is 12.8. The average Bonchev–Trinajstić information content (AvgIpc) is 3.03. The van der Waals surface area contributed by atoms with E-state index in [9.17, 15) is 24.0 Å². The predicted molar refractivity (Wildman–Crippen MR) is 154 cm³/mol. The summed E-state index contributed by atoms with van der Waals surface area (Å²) in [6, 6.07) is 36.6. The van der Waals surface area contributed by atoms with Gasteiger partial charge in [-0.25, -0.2) is 0 Å². The molecule has 0 aromatic heterocycles. The summed E-state index contributed by atoms with van der Waals surface area (Å²) in [6.45, 7) is 0. The van der Waals surface area contributed by atoms with E-state index in [1.54, 1.807) is 121 Å². The van der Waals surface area contributed by atoms with E-state index >= 15 is 0 Å². The van der Waals surface area contributed by atoms with Crippen molar-refractivity contribution in [2.75, 3.05) is 0 Å². The van der Waals surface area contributed by atoms with Gasteiger partial charge in [0, 0.05) is 50.1 Å². The number of nitrogens with two attached hydrogens (primary N) is 1. The van der Waals surface area contributed by atoms with Gasteiger partial charge in [-0.1, -0.05) is 115 Å². The van der Waals surface area contributed by atoms with Crippen molar-refractivity contribution in [3.05, 3.63) is 177 Å². The Balaban J connectivity index is 0.000000129. The molecule has 0 unspecified atom stereocenters. The zero-order valence-corrected chi connectivity index (χ0v) is 21.7. The molecule has 7 rings (SSSR count). The maximum atomic E-state index is 12.1. The molecule has 0 radical (unpaired) electrons. The lowest BCUT2D eigenvalue weighted by atomic mass is 9.84. The highest BCUT2D eigenvalue weighted by atomic mass is 16.2. The number of hydrogen-bond acceptors (Lipinski definition) is 5. The molecule has 5 aromatic rings. The molecule has 41 heavy (non-hydrogen) atoms. The van der Waals surface area contributed by atoms with Crippen LogP contribution in [0.5, 0.6) is 0 Å². The Morgan fingerprint density at radius 3 is 0.707 bits per heavy atom. The fourth-order valence-corrected chi connectivity index (χ4v) is 4.70. The van der Waals surface area contributed by atoms with Crippen LogP contribution in [0, 0.1) is 0 Å². The van der Waals surface area contributed by atoms with Gasteiger partial charge in [0.1, 0.15) is 0 Å². The number of hydrogen-bond donors (Lipinski definition) is 1. The third-order valence-corrected chi connectivity index (χ3v) is 6.72. The van der Waals surface area contributed by atoms with E-state index in [4.69, 9.17) is 5.73 Å². The highest BCUT2D eigenvalue weighted by Gasteiger charge is 2.29. The average molecular weight is 538 g/mol. The molecule has 0 atom stereocenters. The van der Waals surface area contributed by atoms with Gasteiger partial charge in [0.05, 0.1) is 0 Å². The smallest absolute Gasteiger partial charge is 0.248 e. The maximum Gasteiger partial charge on any atom is 0.248 e. The van der Waals surface area contributed by atoms with E-state index in [1.165, 1.54) is 0 Å². The summed E-state index contributed by atoms with van der Waals surface area (Å²) < 4.78 is 0. The van der Waals surface area contributed by atoms with Crippen molar-refractivity contribution in [2.24, 2.45) is 5.73 Å². The number of carbonyl (C=O) groups excluding carboxylic acids is 5. The normalized spacial score (nSPS) is 12.3. The zero-order chi connectivity index (χ0) is 28.9. The summed E-state index contributed by atoms with van der Waals surface area (Å²) in [4.78, 5) is 58.8. The van der Waals surface area contributed by atoms with E-state index in [-0.39, 0.29) is 29.0 Å². The first-order chi connectivity index (χ1) is 19.9.